The average molecular weight is 433 g/mol. The molecule has 162 valence electrons. The van der Waals surface area contributed by atoms with Gasteiger partial charge in [-0.25, -0.2) is 19.5 Å². The smallest absolute Gasteiger partial charge is 0.387 e. The Labute approximate surface area is 165 Å². The first-order chi connectivity index (χ1) is 13.7. The van der Waals surface area contributed by atoms with Crippen molar-refractivity contribution in [3.63, 3.8) is 0 Å². The number of hydrogen-bond acceptors (Lipinski definition) is 11. The fourth-order valence-electron chi connectivity index (χ4n) is 3.01. The van der Waals surface area contributed by atoms with Gasteiger partial charge in [0.2, 0.25) is 5.95 Å². The SMILES string of the molecule is NCCCCNc1nc2c(N)ncnc2n1C1OC(COP(=O)(O)O)C(O)C1O. The lowest BCUT2D eigenvalue weighted by atomic mass is 10.1. The predicted molar refractivity (Wildman–Crippen MR) is 100 cm³/mol. The molecule has 0 aliphatic carbocycles. The highest BCUT2D eigenvalue weighted by Crippen LogP contribution is 2.39. The minimum atomic E-state index is -4.77. The lowest BCUT2D eigenvalue weighted by Gasteiger charge is -2.19. The van der Waals surface area contributed by atoms with E-state index in [9.17, 15) is 14.8 Å². The maximum Gasteiger partial charge on any atom is 0.469 e. The van der Waals surface area contributed by atoms with Crippen LogP contribution in [0.25, 0.3) is 11.2 Å². The summed E-state index contributed by atoms with van der Waals surface area (Å²) < 4.78 is 22.4. The number of nitrogens with two attached hydrogens (primary N) is 2. The summed E-state index contributed by atoms with van der Waals surface area (Å²) in [5.74, 6) is 0.394. The van der Waals surface area contributed by atoms with Crippen molar-refractivity contribution < 1.29 is 33.8 Å². The van der Waals surface area contributed by atoms with Crippen LogP contribution in [-0.2, 0) is 13.8 Å². The Hall–Kier alpha value is -1.90. The maximum absolute atomic E-state index is 10.9. The molecule has 1 aliphatic heterocycles. The summed E-state index contributed by atoms with van der Waals surface area (Å²) in [5.41, 5.74) is 11.9. The van der Waals surface area contributed by atoms with Gasteiger partial charge < -0.3 is 41.5 Å². The molecule has 0 saturated carbocycles. The van der Waals surface area contributed by atoms with Gasteiger partial charge in [0.25, 0.3) is 0 Å². The van der Waals surface area contributed by atoms with Crippen LogP contribution in [0.3, 0.4) is 0 Å². The Balaban J connectivity index is 1.90. The molecular weight excluding hydrogens is 409 g/mol. The topological polar surface area (TPSA) is 224 Å². The number of nitrogens with one attached hydrogen (secondary N) is 1. The molecule has 1 aliphatic rings. The van der Waals surface area contributed by atoms with E-state index in [0.717, 1.165) is 12.8 Å². The van der Waals surface area contributed by atoms with E-state index in [1.54, 1.807) is 0 Å². The second-order valence-electron chi connectivity index (χ2n) is 6.49. The number of ether oxygens (including phenoxy) is 1. The second-order valence-corrected chi connectivity index (χ2v) is 7.73. The zero-order valence-electron chi connectivity index (χ0n) is 15.3. The molecule has 15 heteroatoms. The first-order valence-electron chi connectivity index (χ1n) is 8.87. The summed E-state index contributed by atoms with van der Waals surface area (Å²) >= 11 is 0. The van der Waals surface area contributed by atoms with Crippen LogP contribution in [0.5, 0.6) is 0 Å². The third kappa shape index (κ3) is 4.82. The Morgan fingerprint density at radius 3 is 2.72 bits per heavy atom. The first kappa shape index (κ1) is 21.8. The van der Waals surface area contributed by atoms with Gasteiger partial charge in [0, 0.05) is 6.54 Å². The molecule has 0 spiro atoms. The highest BCUT2D eigenvalue weighted by atomic mass is 31.2. The number of fused-ring (bicyclic) bond motifs is 1. The van der Waals surface area contributed by atoms with E-state index in [1.165, 1.54) is 10.9 Å². The molecule has 1 fully saturated rings. The fourth-order valence-corrected chi connectivity index (χ4v) is 3.35. The zero-order valence-corrected chi connectivity index (χ0v) is 16.2. The fraction of sp³-hybridized carbons (Fsp3) is 0.643. The van der Waals surface area contributed by atoms with Crippen molar-refractivity contribution in [3.05, 3.63) is 6.33 Å². The van der Waals surface area contributed by atoms with Crippen molar-refractivity contribution in [2.75, 3.05) is 30.7 Å². The van der Waals surface area contributed by atoms with E-state index >= 15 is 0 Å². The molecule has 0 bridgehead atoms. The third-order valence-electron chi connectivity index (χ3n) is 4.42. The molecule has 29 heavy (non-hydrogen) atoms. The van der Waals surface area contributed by atoms with E-state index < -0.39 is 39.0 Å². The molecule has 4 unspecified atom stereocenters. The second kappa shape index (κ2) is 8.85. The summed E-state index contributed by atoms with van der Waals surface area (Å²) in [5, 5.41) is 23.8. The van der Waals surface area contributed by atoms with Crippen LogP contribution in [0.2, 0.25) is 0 Å². The molecule has 3 heterocycles. The van der Waals surface area contributed by atoms with Gasteiger partial charge in [0.1, 0.15) is 24.6 Å². The van der Waals surface area contributed by atoms with Crippen LogP contribution < -0.4 is 16.8 Å². The molecule has 9 N–H and O–H groups in total. The van der Waals surface area contributed by atoms with Gasteiger partial charge in [-0.2, -0.15) is 0 Å². The standard InChI is InChI=1S/C14H24N7O7P/c15-3-1-2-4-17-14-20-8-11(16)18-6-19-12(8)21(14)13-10(23)9(22)7(28-13)5-27-29(24,25)26/h6-7,9-10,13,22-23H,1-5,15H2,(H,17,20)(H2,16,18,19)(H2,24,25,26). The van der Waals surface area contributed by atoms with Crippen molar-refractivity contribution >= 4 is 30.8 Å². The first-order valence-corrected chi connectivity index (χ1v) is 10.4. The van der Waals surface area contributed by atoms with Crippen LogP contribution in [-0.4, -0.2) is 77.5 Å². The molecule has 0 radical (unpaired) electrons. The number of aliphatic hydroxyl groups excluding tert-OH is 2. The molecule has 0 aromatic carbocycles. The predicted octanol–water partition coefficient (Wildman–Crippen LogP) is -1.71. The maximum atomic E-state index is 10.9. The van der Waals surface area contributed by atoms with Crippen LogP contribution in [0.1, 0.15) is 19.1 Å². The third-order valence-corrected chi connectivity index (χ3v) is 4.90. The van der Waals surface area contributed by atoms with Gasteiger partial charge >= 0.3 is 7.82 Å². The van der Waals surface area contributed by atoms with Crippen molar-refractivity contribution in [3.8, 4) is 0 Å². The minimum Gasteiger partial charge on any atom is -0.387 e. The van der Waals surface area contributed by atoms with Crippen molar-refractivity contribution in [2.45, 2.75) is 37.4 Å². The van der Waals surface area contributed by atoms with Gasteiger partial charge in [-0.1, -0.05) is 0 Å². The van der Waals surface area contributed by atoms with Gasteiger partial charge in [0.15, 0.2) is 23.2 Å². The number of imidazole rings is 1. The van der Waals surface area contributed by atoms with Gasteiger partial charge in [-0.15, -0.1) is 0 Å². The molecule has 2 aromatic rings. The van der Waals surface area contributed by atoms with E-state index in [-0.39, 0.29) is 22.9 Å². The average Bonchev–Trinajstić information content (AvgIpc) is 3.16. The number of nitrogens with zero attached hydrogens (tertiary/aromatic N) is 4. The van der Waals surface area contributed by atoms with Gasteiger partial charge in [-0.3, -0.25) is 9.09 Å². The lowest BCUT2D eigenvalue weighted by molar-refractivity contribution is -0.0494. The monoisotopic (exact) mass is 433 g/mol. The van der Waals surface area contributed by atoms with E-state index in [4.69, 9.17) is 26.0 Å². The van der Waals surface area contributed by atoms with E-state index in [1.807, 2.05) is 0 Å². The summed E-state index contributed by atoms with van der Waals surface area (Å²) in [6.07, 6.45) is -2.49. The molecule has 2 aromatic heterocycles. The molecule has 0 amide bonds. The quantitative estimate of drug-likeness (QED) is 0.173. The van der Waals surface area contributed by atoms with Gasteiger partial charge in [-0.05, 0) is 19.4 Å². The number of nitrogen functional groups attached to an aromatic ring is 1. The summed E-state index contributed by atoms with van der Waals surface area (Å²) in [6.45, 7) is 0.431. The molecule has 4 atom stereocenters. The number of aliphatic hydroxyl groups is 2. The Morgan fingerprint density at radius 1 is 1.28 bits per heavy atom. The number of unbranched alkanes of at least 4 members (excludes halogenated alkanes) is 1. The number of anilines is 2. The Bertz CT molecular complexity index is 891. The van der Waals surface area contributed by atoms with Crippen LogP contribution in [0, 0.1) is 0 Å². The van der Waals surface area contributed by atoms with Crippen molar-refractivity contribution in [1.82, 2.24) is 19.5 Å². The molecular formula is C14H24N7O7P. The number of hydrogen-bond donors (Lipinski definition) is 7. The normalized spacial score (nSPS) is 25.0. The zero-order chi connectivity index (χ0) is 21.2. The van der Waals surface area contributed by atoms with Crippen LogP contribution >= 0.6 is 7.82 Å². The van der Waals surface area contributed by atoms with Crippen molar-refractivity contribution in [2.24, 2.45) is 5.73 Å². The van der Waals surface area contributed by atoms with Gasteiger partial charge in [0.05, 0.1) is 6.61 Å². The van der Waals surface area contributed by atoms with E-state index in [0.29, 0.717) is 13.1 Å². The number of phosphoric acid groups is 1. The Kier molecular flexibility index (Phi) is 6.65. The largest absolute Gasteiger partial charge is 0.469 e. The van der Waals surface area contributed by atoms with Crippen molar-refractivity contribution in [1.29, 1.82) is 0 Å². The highest BCUT2D eigenvalue weighted by Gasteiger charge is 2.46. The number of aromatic nitrogens is 4. The molecule has 14 nitrogen and oxygen atoms in total. The summed E-state index contributed by atoms with van der Waals surface area (Å²) in [4.78, 5) is 30.1. The van der Waals surface area contributed by atoms with Crippen LogP contribution in [0.4, 0.5) is 11.8 Å². The minimum absolute atomic E-state index is 0.119. The highest BCUT2D eigenvalue weighted by molar-refractivity contribution is 7.46. The summed E-state index contributed by atoms with van der Waals surface area (Å²) in [6, 6.07) is 0. The Morgan fingerprint density at radius 2 is 2.03 bits per heavy atom. The molecule has 3 rings (SSSR count). The molecule has 1 saturated heterocycles. The number of phosphoric ester groups is 1. The van der Waals surface area contributed by atoms with Crippen LogP contribution in [0.15, 0.2) is 6.33 Å². The summed E-state index contributed by atoms with van der Waals surface area (Å²) in [7, 11) is -4.77. The lowest BCUT2D eigenvalue weighted by Crippen LogP contribution is -2.33. The van der Waals surface area contributed by atoms with E-state index in [2.05, 4.69) is 24.8 Å². The number of rotatable bonds is 9.